The number of aliphatic hydroxyl groups is 1. The molecule has 21 heteroatoms. The quantitative estimate of drug-likeness (QED) is 0.226. The highest BCUT2D eigenvalue weighted by atomic mass is 16.3. The van der Waals surface area contributed by atoms with E-state index in [9.17, 15) is 48.3 Å². The number of Topliss-reactive ketones (excluding diaryl/α,β-unsaturated/α-hetero) is 2. The Hall–Kier alpha value is -7.03. The van der Waals surface area contributed by atoms with Gasteiger partial charge in [0.1, 0.15) is 36.3 Å². The molecule has 0 aliphatic carbocycles. The number of nitrogens with one attached hydrogen (secondary N) is 2. The Bertz CT molecular complexity index is 2730. The number of carbonyl (C=O) groups is 11. The van der Waals surface area contributed by atoms with E-state index in [2.05, 4.69) is 17.6 Å². The van der Waals surface area contributed by atoms with Gasteiger partial charge in [0.05, 0.1) is 30.5 Å². The van der Waals surface area contributed by atoms with Gasteiger partial charge in [-0.15, -0.1) is 0 Å². The fourth-order valence-corrected chi connectivity index (χ4v) is 12.0. The Labute approximate surface area is 523 Å². The molecule has 488 valence electrons. The van der Waals surface area contributed by atoms with Gasteiger partial charge in [-0.2, -0.15) is 0 Å². The molecule has 2 aliphatic rings. The first-order chi connectivity index (χ1) is 41.4. The molecule has 1 unspecified atom stereocenters. The third-order valence-corrected chi connectivity index (χ3v) is 18.0. The maximum atomic E-state index is 15.3. The van der Waals surface area contributed by atoms with Crippen LogP contribution in [0.15, 0.2) is 60.7 Å². The number of ketones is 2. The maximum absolute atomic E-state index is 15.3. The summed E-state index contributed by atoms with van der Waals surface area (Å²) in [5.74, 6) is -10.1. The first-order valence-corrected chi connectivity index (χ1v) is 31.7. The van der Waals surface area contributed by atoms with Gasteiger partial charge in [-0.1, -0.05) is 128 Å². The van der Waals surface area contributed by atoms with Crippen molar-refractivity contribution in [1.29, 1.82) is 0 Å². The lowest BCUT2D eigenvalue weighted by atomic mass is 9.83. The van der Waals surface area contributed by atoms with Crippen molar-refractivity contribution in [1.82, 2.24) is 44.9 Å². The summed E-state index contributed by atoms with van der Waals surface area (Å²) in [5, 5.41) is 16.9. The smallest absolute Gasteiger partial charge is 0.246 e. The Morgan fingerprint density at radius 2 is 1.15 bits per heavy atom. The van der Waals surface area contributed by atoms with E-state index in [1.165, 1.54) is 85.5 Å². The Morgan fingerprint density at radius 1 is 0.568 bits per heavy atom. The molecule has 0 spiro atoms. The van der Waals surface area contributed by atoms with Gasteiger partial charge in [0.25, 0.3) is 0 Å². The van der Waals surface area contributed by atoms with Gasteiger partial charge >= 0.3 is 0 Å². The molecule has 0 bridgehead atoms. The standard InChI is InChI=1S/C67H103N9O12/c1-17-18-19-26-32-52-65(86)75(16)59(42(4)5)61(82)68-43(6)36-58(80)71(12)45(8)56(78)39-51(47(10)77)63(84)70(11)40-57(79)44(7)50(37-48-28-22-20-23-29-48)64(85)74(15)55(38-49-30-24-21-25-31-49)67(88)72(13)46(9)62(83)76-34-27-33-53(76)66(87)73(14)54(35-41(2)3)60(81)69-52/h20-25,28-31,41-47,50-55,59,77H,17-19,26-27,32-40H2,1-16H3,(H,68,82)(H,69,81)/t43-,44?,45-,46-,47+,50+,51-,52-,53-,54-,55-,59-/m0/s1. The van der Waals surface area contributed by atoms with Crippen LogP contribution in [0.3, 0.4) is 0 Å². The fourth-order valence-electron chi connectivity index (χ4n) is 12.0. The lowest BCUT2D eigenvalue weighted by Gasteiger charge is -2.38. The van der Waals surface area contributed by atoms with Crippen LogP contribution in [0.25, 0.3) is 0 Å². The van der Waals surface area contributed by atoms with Crippen LogP contribution < -0.4 is 10.6 Å². The molecule has 2 aliphatic heterocycles. The van der Waals surface area contributed by atoms with E-state index in [1.807, 2.05) is 50.2 Å². The van der Waals surface area contributed by atoms with Gasteiger partial charge in [-0.3, -0.25) is 52.7 Å². The summed E-state index contributed by atoms with van der Waals surface area (Å²) in [5.41, 5.74) is 1.43. The van der Waals surface area contributed by atoms with E-state index in [0.29, 0.717) is 18.4 Å². The lowest BCUT2D eigenvalue weighted by molar-refractivity contribution is -0.154. The zero-order valence-electron chi connectivity index (χ0n) is 55.3. The number of hydrogen-bond acceptors (Lipinski definition) is 12. The van der Waals surface area contributed by atoms with Crippen LogP contribution in [0.2, 0.25) is 0 Å². The monoisotopic (exact) mass is 1230 g/mol. The minimum atomic E-state index is -1.36. The summed E-state index contributed by atoms with van der Waals surface area (Å²) in [4.78, 5) is 170. The molecule has 0 saturated carbocycles. The zero-order valence-corrected chi connectivity index (χ0v) is 55.3. The second-order valence-corrected chi connectivity index (χ2v) is 25.7. The van der Waals surface area contributed by atoms with Crippen molar-refractivity contribution < 1.29 is 57.8 Å². The number of aliphatic hydroxyl groups excluding tert-OH is 1. The Morgan fingerprint density at radius 3 is 1.70 bits per heavy atom. The molecule has 12 atom stereocenters. The molecule has 4 rings (SSSR count). The molecular weight excluding hydrogens is 1120 g/mol. The number of benzene rings is 2. The van der Waals surface area contributed by atoms with Gasteiger partial charge in [0.15, 0.2) is 11.6 Å². The minimum absolute atomic E-state index is 0.0238. The molecule has 9 amide bonds. The van der Waals surface area contributed by atoms with Gasteiger partial charge in [0, 0.05) is 80.1 Å². The minimum Gasteiger partial charge on any atom is -0.393 e. The van der Waals surface area contributed by atoms with Crippen molar-refractivity contribution in [2.75, 3.05) is 55.4 Å². The zero-order chi connectivity index (χ0) is 66.0. The predicted molar refractivity (Wildman–Crippen MR) is 336 cm³/mol. The van der Waals surface area contributed by atoms with Gasteiger partial charge in [-0.25, -0.2) is 0 Å². The fraction of sp³-hybridized carbons (Fsp3) is 0.657. The average molecular weight is 1230 g/mol. The highest BCUT2D eigenvalue weighted by molar-refractivity contribution is 5.99. The number of unbranched alkanes of at least 4 members (excludes halogenated alkanes) is 3. The van der Waals surface area contributed by atoms with Crippen LogP contribution in [0.1, 0.15) is 145 Å². The van der Waals surface area contributed by atoms with E-state index < -0.39 is 156 Å². The molecule has 0 aromatic heterocycles. The van der Waals surface area contributed by atoms with Crippen LogP contribution in [-0.4, -0.2) is 214 Å². The molecule has 0 radical (unpaired) electrons. The third kappa shape index (κ3) is 19.5. The van der Waals surface area contributed by atoms with Crippen LogP contribution >= 0.6 is 0 Å². The topological polar surface area (TPSA) is 255 Å². The van der Waals surface area contributed by atoms with E-state index in [1.54, 1.807) is 58.9 Å². The van der Waals surface area contributed by atoms with E-state index in [-0.39, 0.29) is 51.0 Å². The van der Waals surface area contributed by atoms with Crippen LogP contribution in [0, 0.1) is 29.6 Å². The number of amides is 9. The van der Waals surface area contributed by atoms with Crippen molar-refractivity contribution in [2.24, 2.45) is 29.6 Å². The molecule has 2 aromatic rings. The third-order valence-electron chi connectivity index (χ3n) is 18.0. The summed E-state index contributed by atoms with van der Waals surface area (Å²) < 4.78 is 0. The summed E-state index contributed by atoms with van der Waals surface area (Å²) in [7, 11) is 8.76. The number of nitrogens with zero attached hydrogens (tertiary/aromatic N) is 7. The van der Waals surface area contributed by atoms with E-state index >= 15 is 9.59 Å². The van der Waals surface area contributed by atoms with Crippen LogP contribution in [0.5, 0.6) is 0 Å². The van der Waals surface area contributed by atoms with Gasteiger partial charge in [-0.05, 0) is 82.8 Å². The van der Waals surface area contributed by atoms with E-state index in [4.69, 9.17) is 0 Å². The summed E-state index contributed by atoms with van der Waals surface area (Å²) in [6, 6.07) is 9.63. The Kier molecular flexibility index (Phi) is 28.4. The lowest BCUT2D eigenvalue weighted by Crippen LogP contribution is -2.60. The molecule has 21 nitrogen and oxygen atoms in total. The van der Waals surface area contributed by atoms with Crippen molar-refractivity contribution in [2.45, 2.75) is 201 Å². The predicted octanol–water partition coefficient (Wildman–Crippen LogP) is 4.94. The largest absolute Gasteiger partial charge is 0.393 e. The SMILES string of the molecule is CCCCCC[C@@H]1NC(=O)[C@H](CC(C)C)N(C)C(=O)[C@@H]2CCCN2C(=O)[C@H](C)N(C)C(=O)[C@H](Cc2ccccc2)N(C)C(=O)[C@H](Cc2ccccc2)C(C)C(=O)CN(C)C(=O)[C@H]([C@@H](C)O)CC(=O)[C@H](C)N(C)C(=O)C[C@H](C)NC(=O)[C@H](C(C)C)N(C)C1=O. The first kappa shape index (κ1) is 73.4. The second-order valence-electron chi connectivity index (χ2n) is 25.7. The normalized spacial score (nSPS) is 27.3. The molecule has 2 fully saturated rings. The molecule has 2 aromatic carbocycles. The Balaban J connectivity index is 1.85. The van der Waals surface area contributed by atoms with Gasteiger partial charge in [0.2, 0.25) is 53.2 Å². The number of likely N-dealkylation sites (N-methyl/N-ethyl adjacent to an activating group) is 6. The second kappa shape index (κ2) is 34.1. The summed E-state index contributed by atoms with van der Waals surface area (Å²) in [6.45, 7) is 16.7. The average Bonchev–Trinajstić information content (AvgIpc) is 3.58. The van der Waals surface area contributed by atoms with Crippen LogP contribution in [0.4, 0.5) is 0 Å². The van der Waals surface area contributed by atoms with Crippen molar-refractivity contribution in [3.63, 3.8) is 0 Å². The number of rotatable bonds is 13. The van der Waals surface area contributed by atoms with Crippen molar-refractivity contribution in [3.8, 4) is 0 Å². The number of fused-ring (bicyclic) bond motifs is 1. The highest BCUT2D eigenvalue weighted by Gasteiger charge is 2.45. The summed E-state index contributed by atoms with van der Waals surface area (Å²) >= 11 is 0. The number of carbonyl (C=O) groups excluding carboxylic acids is 11. The highest BCUT2D eigenvalue weighted by Crippen LogP contribution is 2.28. The van der Waals surface area contributed by atoms with E-state index in [0.717, 1.165) is 29.7 Å². The molecule has 2 heterocycles. The van der Waals surface area contributed by atoms with Crippen LogP contribution in [-0.2, 0) is 65.6 Å². The maximum Gasteiger partial charge on any atom is 0.246 e. The molecule has 2 saturated heterocycles. The van der Waals surface area contributed by atoms with Gasteiger partial charge < -0.3 is 50.0 Å². The first-order valence-electron chi connectivity index (χ1n) is 31.7. The molecule has 3 N–H and O–H groups in total. The number of hydrogen-bond donors (Lipinski definition) is 3. The molecule has 88 heavy (non-hydrogen) atoms. The summed E-state index contributed by atoms with van der Waals surface area (Å²) in [6.07, 6.45) is 2.30. The van der Waals surface area contributed by atoms with Crippen molar-refractivity contribution in [3.05, 3.63) is 71.8 Å². The van der Waals surface area contributed by atoms with Crippen molar-refractivity contribution >= 4 is 64.7 Å². The molecular formula is C67H103N9O12.